The normalized spacial score (nSPS) is 15.3. The molecule has 5 heteroatoms. The van der Waals surface area contributed by atoms with Gasteiger partial charge < -0.3 is 4.74 Å². The second-order valence-corrected chi connectivity index (χ2v) is 5.32. The smallest absolute Gasteiger partial charge is 0.165 e. The highest BCUT2D eigenvalue weighted by atomic mass is 19.1. The van der Waals surface area contributed by atoms with Crippen LogP contribution in [0.3, 0.4) is 0 Å². The largest absolute Gasteiger partial charge is 0.494 e. The molecule has 0 N–H and O–H groups in total. The summed E-state index contributed by atoms with van der Waals surface area (Å²) in [5.41, 5.74) is 1.61. The maximum atomic E-state index is 13.8. The number of halogens is 1. The van der Waals surface area contributed by atoms with Crippen LogP contribution in [0.15, 0.2) is 24.4 Å². The van der Waals surface area contributed by atoms with Gasteiger partial charge in [0, 0.05) is 11.8 Å². The maximum Gasteiger partial charge on any atom is 0.165 e. The molecule has 1 aliphatic rings. The van der Waals surface area contributed by atoms with Gasteiger partial charge in [0.1, 0.15) is 5.69 Å². The van der Waals surface area contributed by atoms with E-state index < -0.39 is 5.82 Å². The Morgan fingerprint density at radius 2 is 2.14 bits per heavy atom. The Labute approximate surface area is 122 Å². The van der Waals surface area contributed by atoms with E-state index in [2.05, 4.69) is 5.10 Å². The Balaban J connectivity index is 2.00. The summed E-state index contributed by atoms with van der Waals surface area (Å²) in [5.74, 6) is -0.274. The number of benzene rings is 1. The molecule has 0 bridgehead atoms. The van der Waals surface area contributed by atoms with Gasteiger partial charge in [-0.1, -0.05) is 12.8 Å². The monoisotopic (exact) mass is 288 g/mol. The minimum Gasteiger partial charge on any atom is -0.494 e. The van der Waals surface area contributed by atoms with Crippen LogP contribution in [-0.4, -0.2) is 23.2 Å². The molecule has 110 valence electrons. The molecular formula is C16H17FN2O2. The lowest BCUT2D eigenvalue weighted by Crippen LogP contribution is -2.04. The van der Waals surface area contributed by atoms with Crippen molar-refractivity contribution in [2.45, 2.75) is 31.7 Å². The average Bonchev–Trinajstić information content (AvgIpc) is 3.15. The third-order valence-corrected chi connectivity index (χ3v) is 4.01. The molecule has 0 atom stereocenters. The predicted molar refractivity (Wildman–Crippen MR) is 77.1 cm³/mol. The summed E-state index contributed by atoms with van der Waals surface area (Å²) < 4.78 is 20.6. The Morgan fingerprint density at radius 1 is 1.38 bits per heavy atom. The lowest BCUT2D eigenvalue weighted by Gasteiger charge is -2.08. The highest BCUT2D eigenvalue weighted by Crippen LogP contribution is 2.32. The minimum absolute atomic E-state index is 0.182. The summed E-state index contributed by atoms with van der Waals surface area (Å²) >= 11 is 0. The molecule has 21 heavy (non-hydrogen) atoms. The number of methoxy groups -OCH3 is 1. The zero-order valence-corrected chi connectivity index (χ0v) is 11.9. The Hall–Kier alpha value is -2.17. The third-order valence-electron chi connectivity index (χ3n) is 4.01. The summed E-state index contributed by atoms with van der Waals surface area (Å²) in [6.45, 7) is 0. The second-order valence-electron chi connectivity index (χ2n) is 5.32. The first-order chi connectivity index (χ1) is 10.2. The van der Waals surface area contributed by atoms with E-state index in [1.165, 1.54) is 26.0 Å². The van der Waals surface area contributed by atoms with Gasteiger partial charge in [-0.05, 0) is 31.0 Å². The molecule has 0 aliphatic heterocycles. The van der Waals surface area contributed by atoms with Crippen LogP contribution < -0.4 is 4.74 Å². The van der Waals surface area contributed by atoms with Crippen molar-refractivity contribution in [1.82, 2.24) is 9.78 Å². The number of ether oxygens (including phenoxy) is 1. The van der Waals surface area contributed by atoms with E-state index >= 15 is 0 Å². The number of carbonyl (C=O) groups is 1. The van der Waals surface area contributed by atoms with E-state index in [1.54, 1.807) is 18.3 Å². The van der Waals surface area contributed by atoms with Crippen LogP contribution in [-0.2, 0) is 0 Å². The van der Waals surface area contributed by atoms with Gasteiger partial charge in [0.2, 0.25) is 0 Å². The standard InChI is InChI=1S/C16H17FN2O2/c1-21-15-7-6-11(8-14(15)17)16-12(10-20)9-19(18-16)13-4-2-3-5-13/h6-10,13H,2-5H2,1H3. The van der Waals surface area contributed by atoms with Crippen molar-refractivity contribution in [3.63, 3.8) is 0 Å². The van der Waals surface area contributed by atoms with Gasteiger partial charge in [-0.2, -0.15) is 5.10 Å². The highest BCUT2D eigenvalue weighted by Gasteiger charge is 2.20. The fourth-order valence-electron chi connectivity index (χ4n) is 2.89. The fraction of sp³-hybridized carbons (Fsp3) is 0.375. The topological polar surface area (TPSA) is 44.1 Å². The Bertz CT molecular complexity index is 660. The molecule has 0 spiro atoms. The molecule has 1 fully saturated rings. The fourth-order valence-corrected chi connectivity index (χ4v) is 2.89. The molecule has 1 aliphatic carbocycles. The maximum absolute atomic E-state index is 13.8. The van der Waals surface area contributed by atoms with E-state index in [0.717, 1.165) is 19.1 Å². The van der Waals surface area contributed by atoms with Crippen molar-refractivity contribution in [3.05, 3.63) is 35.8 Å². The summed E-state index contributed by atoms with van der Waals surface area (Å²) in [6, 6.07) is 4.97. The Morgan fingerprint density at radius 3 is 2.76 bits per heavy atom. The molecule has 2 aromatic rings. The van der Waals surface area contributed by atoms with E-state index in [-0.39, 0.29) is 5.75 Å². The number of nitrogens with zero attached hydrogens (tertiary/aromatic N) is 2. The van der Waals surface area contributed by atoms with Crippen molar-refractivity contribution in [1.29, 1.82) is 0 Å². The van der Waals surface area contributed by atoms with Gasteiger partial charge in [0.15, 0.2) is 17.9 Å². The SMILES string of the molecule is COc1ccc(-c2nn(C3CCCC3)cc2C=O)cc1F. The summed E-state index contributed by atoms with van der Waals surface area (Å²) in [7, 11) is 1.42. The first-order valence-electron chi connectivity index (χ1n) is 7.11. The molecule has 0 radical (unpaired) electrons. The summed E-state index contributed by atoms with van der Waals surface area (Å²) in [4.78, 5) is 11.3. The number of carbonyl (C=O) groups excluding carboxylic acids is 1. The Kier molecular flexibility index (Phi) is 3.73. The number of rotatable bonds is 4. The van der Waals surface area contributed by atoms with Gasteiger partial charge in [0.25, 0.3) is 0 Å². The highest BCUT2D eigenvalue weighted by molar-refractivity contribution is 5.85. The first-order valence-corrected chi connectivity index (χ1v) is 7.11. The third kappa shape index (κ3) is 2.55. The summed E-state index contributed by atoms with van der Waals surface area (Å²) in [6.07, 6.45) is 7.07. The van der Waals surface area contributed by atoms with Crippen molar-refractivity contribution >= 4 is 6.29 Å². The molecule has 0 unspecified atom stereocenters. The molecule has 1 saturated carbocycles. The van der Waals surface area contributed by atoms with Crippen molar-refractivity contribution in [2.24, 2.45) is 0 Å². The molecule has 1 aromatic carbocycles. The molecular weight excluding hydrogens is 271 g/mol. The van der Waals surface area contributed by atoms with Crippen molar-refractivity contribution in [2.75, 3.05) is 7.11 Å². The van der Waals surface area contributed by atoms with Crippen LogP contribution in [0, 0.1) is 5.82 Å². The quantitative estimate of drug-likeness (QED) is 0.807. The number of hydrogen-bond acceptors (Lipinski definition) is 3. The lowest BCUT2D eigenvalue weighted by atomic mass is 10.1. The average molecular weight is 288 g/mol. The summed E-state index contributed by atoms with van der Waals surface area (Å²) in [5, 5.41) is 4.51. The molecule has 1 aromatic heterocycles. The molecule has 0 amide bonds. The van der Waals surface area contributed by atoms with Gasteiger partial charge in [-0.3, -0.25) is 9.48 Å². The zero-order valence-electron chi connectivity index (χ0n) is 11.9. The van der Waals surface area contributed by atoms with Crippen LogP contribution in [0.4, 0.5) is 4.39 Å². The number of aromatic nitrogens is 2. The van der Waals surface area contributed by atoms with Crippen LogP contribution in [0.2, 0.25) is 0 Å². The van der Waals surface area contributed by atoms with Crippen LogP contribution in [0.1, 0.15) is 42.1 Å². The van der Waals surface area contributed by atoms with Gasteiger partial charge >= 0.3 is 0 Å². The zero-order chi connectivity index (χ0) is 14.8. The van der Waals surface area contributed by atoms with Crippen LogP contribution in [0.25, 0.3) is 11.3 Å². The van der Waals surface area contributed by atoms with Gasteiger partial charge in [-0.15, -0.1) is 0 Å². The van der Waals surface area contributed by atoms with E-state index in [0.29, 0.717) is 22.9 Å². The molecule has 4 nitrogen and oxygen atoms in total. The van der Waals surface area contributed by atoms with E-state index in [1.807, 2.05) is 4.68 Å². The predicted octanol–water partition coefficient (Wildman–Crippen LogP) is 3.63. The van der Waals surface area contributed by atoms with Crippen molar-refractivity contribution < 1.29 is 13.9 Å². The van der Waals surface area contributed by atoms with Crippen molar-refractivity contribution in [3.8, 4) is 17.0 Å². The van der Waals surface area contributed by atoms with E-state index in [4.69, 9.17) is 4.74 Å². The van der Waals surface area contributed by atoms with Crippen LogP contribution in [0.5, 0.6) is 5.75 Å². The molecule has 0 saturated heterocycles. The second kappa shape index (κ2) is 5.68. The first kappa shape index (κ1) is 13.8. The lowest BCUT2D eigenvalue weighted by molar-refractivity contribution is 0.112. The van der Waals surface area contributed by atoms with Crippen LogP contribution >= 0.6 is 0 Å². The van der Waals surface area contributed by atoms with Gasteiger partial charge in [-0.25, -0.2) is 4.39 Å². The number of hydrogen-bond donors (Lipinski definition) is 0. The van der Waals surface area contributed by atoms with Gasteiger partial charge in [0.05, 0.1) is 18.7 Å². The molecule has 1 heterocycles. The minimum atomic E-state index is -0.456. The van der Waals surface area contributed by atoms with E-state index in [9.17, 15) is 9.18 Å². The molecule has 3 rings (SSSR count). The number of aldehydes is 1.